The van der Waals surface area contributed by atoms with Crippen LogP contribution in [0.1, 0.15) is 5.56 Å². The second-order valence-electron chi connectivity index (χ2n) is 6.70. The summed E-state index contributed by atoms with van der Waals surface area (Å²) in [4.78, 5) is 17.5. The number of hydrogen-bond acceptors (Lipinski definition) is 5. The molecule has 0 bridgehead atoms. The largest absolute Gasteiger partial charge is 0.494 e. The molecule has 0 atom stereocenters. The highest BCUT2D eigenvalue weighted by Gasteiger charge is 2.17. The third-order valence-electron chi connectivity index (χ3n) is 4.88. The molecule has 0 spiro atoms. The lowest BCUT2D eigenvalue weighted by Gasteiger charge is -2.15. The van der Waals surface area contributed by atoms with Gasteiger partial charge in [0.2, 0.25) is 5.88 Å². The minimum Gasteiger partial charge on any atom is -0.494 e. The van der Waals surface area contributed by atoms with Crippen molar-refractivity contribution in [2.75, 3.05) is 14.2 Å². The van der Waals surface area contributed by atoms with E-state index >= 15 is 0 Å². The van der Waals surface area contributed by atoms with Gasteiger partial charge in [-0.25, -0.2) is 8.96 Å². The van der Waals surface area contributed by atoms with Crippen LogP contribution in [0.4, 0.5) is 10.1 Å². The van der Waals surface area contributed by atoms with Crippen molar-refractivity contribution in [1.82, 2.24) is 4.57 Å². The zero-order valence-electron chi connectivity index (χ0n) is 16.9. The van der Waals surface area contributed by atoms with Crippen molar-refractivity contribution in [3.63, 3.8) is 0 Å². The number of methoxy groups -OCH3 is 2. The van der Waals surface area contributed by atoms with E-state index in [0.717, 1.165) is 0 Å². The van der Waals surface area contributed by atoms with E-state index in [0.29, 0.717) is 39.2 Å². The molecule has 156 valence electrons. The third-order valence-corrected chi connectivity index (χ3v) is 4.88. The minimum absolute atomic E-state index is 0.295. The van der Waals surface area contributed by atoms with Gasteiger partial charge in [0.15, 0.2) is 11.5 Å². The fraction of sp³-hybridized carbons (Fsp3) is 0.0833. The number of nitrogens with zero attached hydrogens (tertiary/aromatic N) is 2. The molecule has 0 radical (unpaired) electrons. The third kappa shape index (κ3) is 3.73. The molecule has 7 heteroatoms. The summed E-state index contributed by atoms with van der Waals surface area (Å²) >= 11 is 0. The first-order chi connectivity index (χ1) is 15.0. The molecule has 0 fully saturated rings. The smallest absolute Gasteiger partial charge is 0.265 e. The van der Waals surface area contributed by atoms with Crippen molar-refractivity contribution in [3.8, 4) is 23.1 Å². The standard InChI is InChI=1S/C24H19FN2O4/c1-30-21-11-10-17(13-22(21)31-2)27-23(28)19-9-4-3-8-18(19)20(24(27)29)14-26-16-7-5-6-15(25)12-16/h3-14,29H,1-2H3. The number of pyridine rings is 1. The second-order valence-corrected chi connectivity index (χ2v) is 6.70. The molecule has 6 nitrogen and oxygen atoms in total. The summed E-state index contributed by atoms with van der Waals surface area (Å²) in [6.45, 7) is 0. The predicted molar refractivity (Wildman–Crippen MR) is 118 cm³/mol. The summed E-state index contributed by atoms with van der Waals surface area (Å²) in [5, 5.41) is 12.0. The fourth-order valence-electron chi connectivity index (χ4n) is 3.39. The highest BCUT2D eigenvalue weighted by molar-refractivity contribution is 6.02. The summed E-state index contributed by atoms with van der Waals surface area (Å²) in [7, 11) is 3.00. The molecule has 0 aliphatic heterocycles. The molecular weight excluding hydrogens is 399 g/mol. The molecule has 4 rings (SSSR count). The van der Waals surface area contributed by atoms with Gasteiger partial charge in [-0.15, -0.1) is 0 Å². The molecule has 4 aromatic rings. The van der Waals surface area contributed by atoms with Gasteiger partial charge < -0.3 is 14.6 Å². The molecular formula is C24H19FN2O4. The Morgan fingerprint density at radius 1 is 0.935 bits per heavy atom. The van der Waals surface area contributed by atoms with E-state index in [1.54, 1.807) is 54.6 Å². The van der Waals surface area contributed by atoms with Gasteiger partial charge in [0.05, 0.1) is 31.2 Å². The maximum Gasteiger partial charge on any atom is 0.265 e. The van der Waals surface area contributed by atoms with Crippen molar-refractivity contribution in [2.24, 2.45) is 4.99 Å². The van der Waals surface area contributed by atoms with E-state index in [1.807, 2.05) is 0 Å². The molecule has 1 aromatic heterocycles. The van der Waals surface area contributed by atoms with E-state index < -0.39 is 11.4 Å². The zero-order chi connectivity index (χ0) is 22.0. The molecule has 31 heavy (non-hydrogen) atoms. The van der Waals surface area contributed by atoms with Crippen LogP contribution in [0.3, 0.4) is 0 Å². The average Bonchev–Trinajstić information content (AvgIpc) is 2.79. The Bertz CT molecular complexity index is 1360. The zero-order valence-corrected chi connectivity index (χ0v) is 16.9. The summed E-state index contributed by atoms with van der Waals surface area (Å²) in [6.07, 6.45) is 1.42. The van der Waals surface area contributed by atoms with Gasteiger partial charge in [-0.3, -0.25) is 9.79 Å². The first-order valence-electron chi connectivity index (χ1n) is 9.42. The summed E-state index contributed by atoms with van der Waals surface area (Å²) in [5.41, 5.74) is 0.705. The number of halogens is 1. The Labute approximate surface area is 177 Å². The quantitative estimate of drug-likeness (QED) is 0.481. The first kappa shape index (κ1) is 20.2. The predicted octanol–water partition coefficient (Wildman–Crippen LogP) is 4.60. The number of fused-ring (bicyclic) bond motifs is 1. The van der Waals surface area contributed by atoms with Crippen LogP contribution >= 0.6 is 0 Å². The van der Waals surface area contributed by atoms with Gasteiger partial charge >= 0.3 is 0 Å². The summed E-state index contributed by atoms with van der Waals surface area (Å²) < 4.78 is 25.3. The van der Waals surface area contributed by atoms with Crippen molar-refractivity contribution >= 4 is 22.7 Å². The van der Waals surface area contributed by atoms with E-state index in [-0.39, 0.29) is 5.88 Å². The number of benzene rings is 3. The van der Waals surface area contributed by atoms with Gasteiger partial charge in [-0.1, -0.05) is 24.3 Å². The van der Waals surface area contributed by atoms with E-state index in [2.05, 4.69) is 4.99 Å². The lowest BCUT2D eigenvalue weighted by Crippen LogP contribution is -2.20. The number of aliphatic imine (C=N–C) groups is 1. The van der Waals surface area contributed by atoms with Crippen LogP contribution in [0.2, 0.25) is 0 Å². The molecule has 1 N–H and O–H groups in total. The monoisotopic (exact) mass is 418 g/mol. The van der Waals surface area contributed by atoms with E-state index in [1.165, 1.54) is 37.1 Å². The molecule has 0 unspecified atom stereocenters. The van der Waals surface area contributed by atoms with Gasteiger partial charge in [-0.05, 0) is 36.4 Å². The molecule has 0 aliphatic carbocycles. The molecule has 0 aliphatic rings. The van der Waals surface area contributed by atoms with Crippen molar-refractivity contribution < 1.29 is 19.0 Å². The number of aromatic hydroxyl groups is 1. The van der Waals surface area contributed by atoms with Gasteiger partial charge in [0.1, 0.15) is 5.82 Å². The normalized spacial score (nSPS) is 11.2. The van der Waals surface area contributed by atoms with Gasteiger partial charge in [0, 0.05) is 23.1 Å². The highest BCUT2D eigenvalue weighted by atomic mass is 19.1. The maximum absolute atomic E-state index is 13.5. The Hall–Kier alpha value is -4.13. The fourth-order valence-corrected chi connectivity index (χ4v) is 3.39. The number of hydrogen-bond donors (Lipinski definition) is 1. The van der Waals surface area contributed by atoms with Crippen molar-refractivity contribution in [2.45, 2.75) is 0 Å². The maximum atomic E-state index is 13.5. The van der Waals surface area contributed by atoms with Crippen LogP contribution in [0.5, 0.6) is 17.4 Å². The summed E-state index contributed by atoms with van der Waals surface area (Å²) in [6, 6.07) is 17.6. The van der Waals surface area contributed by atoms with Crippen molar-refractivity contribution in [1.29, 1.82) is 0 Å². The van der Waals surface area contributed by atoms with Gasteiger partial charge in [0.25, 0.3) is 5.56 Å². The van der Waals surface area contributed by atoms with Crippen LogP contribution in [0, 0.1) is 5.82 Å². The second kappa shape index (κ2) is 8.31. The number of ether oxygens (including phenoxy) is 2. The average molecular weight is 418 g/mol. The Morgan fingerprint density at radius 2 is 1.68 bits per heavy atom. The van der Waals surface area contributed by atoms with Crippen LogP contribution < -0.4 is 15.0 Å². The van der Waals surface area contributed by atoms with Crippen LogP contribution in [-0.4, -0.2) is 30.1 Å². The molecule has 1 heterocycles. The van der Waals surface area contributed by atoms with Crippen molar-refractivity contribution in [3.05, 3.63) is 88.5 Å². The van der Waals surface area contributed by atoms with Gasteiger partial charge in [-0.2, -0.15) is 0 Å². The Morgan fingerprint density at radius 3 is 2.39 bits per heavy atom. The highest BCUT2D eigenvalue weighted by Crippen LogP contribution is 2.32. The summed E-state index contributed by atoms with van der Waals surface area (Å²) in [5.74, 6) is 0.192. The SMILES string of the molecule is COc1ccc(-n2c(O)c(C=Nc3cccc(F)c3)c3ccccc3c2=O)cc1OC. The molecule has 0 amide bonds. The van der Waals surface area contributed by atoms with Crippen LogP contribution in [0.15, 0.2) is 76.5 Å². The minimum atomic E-state index is -0.418. The van der Waals surface area contributed by atoms with Crippen LogP contribution in [0.25, 0.3) is 16.5 Å². The topological polar surface area (TPSA) is 73.0 Å². The molecule has 0 saturated heterocycles. The Kier molecular flexibility index (Phi) is 5.41. The molecule has 0 saturated carbocycles. The van der Waals surface area contributed by atoms with E-state index in [4.69, 9.17) is 9.47 Å². The molecule has 3 aromatic carbocycles. The lowest BCUT2D eigenvalue weighted by atomic mass is 10.1. The van der Waals surface area contributed by atoms with E-state index in [9.17, 15) is 14.3 Å². The number of aromatic nitrogens is 1. The Balaban J connectivity index is 1.97. The number of rotatable bonds is 5. The first-order valence-corrected chi connectivity index (χ1v) is 9.42. The lowest BCUT2D eigenvalue weighted by molar-refractivity contribution is 0.354. The van der Waals surface area contributed by atoms with Crippen LogP contribution in [-0.2, 0) is 0 Å².